The molecule has 0 spiro atoms. The van der Waals surface area contributed by atoms with E-state index in [-0.39, 0.29) is 54.0 Å². The molecular formula is C21H19F5N4O. The molecule has 3 aromatic heterocycles. The van der Waals surface area contributed by atoms with E-state index < -0.39 is 24.2 Å². The number of anilines is 1. The Hall–Kier alpha value is -3.04. The summed E-state index contributed by atoms with van der Waals surface area (Å²) in [5.41, 5.74) is -0.576. The van der Waals surface area contributed by atoms with Crippen LogP contribution in [0, 0.1) is 6.92 Å². The summed E-state index contributed by atoms with van der Waals surface area (Å²) in [5, 5.41) is 0.332. The molecular weight excluding hydrogens is 419 g/mol. The summed E-state index contributed by atoms with van der Waals surface area (Å²) < 4.78 is 68.3. The van der Waals surface area contributed by atoms with Gasteiger partial charge < -0.3 is 9.88 Å². The van der Waals surface area contributed by atoms with Crippen molar-refractivity contribution in [1.29, 1.82) is 0 Å². The molecule has 1 N–H and O–H groups in total. The fourth-order valence-corrected chi connectivity index (χ4v) is 3.84. The second kappa shape index (κ2) is 7.58. The molecule has 0 saturated carbocycles. The molecule has 5 nitrogen and oxygen atoms in total. The van der Waals surface area contributed by atoms with Gasteiger partial charge in [-0.15, -0.1) is 0 Å². The average Bonchev–Trinajstić information content (AvgIpc) is 2.87. The lowest BCUT2D eigenvalue weighted by Crippen LogP contribution is -2.28. The molecule has 10 heteroatoms. The predicted molar refractivity (Wildman–Crippen MR) is 106 cm³/mol. The van der Waals surface area contributed by atoms with Crippen LogP contribution in [0.3, 0.4) is 0 Å². The number of halogens is 5. The van der Waals surface area contributed by atoms with Gasteiger partial charge in [0.2, 0.25) is 5.92 Å². The number of nitrogens with zero attached hydrogens (tertiary/aromatic N) is 3. The topological polar surface area (TPSA) is 61.9 Å². The molecule has 1 saturated heterocycles. The Morgan fingerprint density at radius 2 is 1.94 bits per heavy atom. The van der Waals surface area contributed by atoms with Crippen LogP contribution >= 0.6 is 0 Å². The number of aryl methyl sites for hydroxylation is 1. The van der Waals surface area contributed by atoms with Crippen molar-refractivity contribution in [2.24, 2.45) is 0 Å². The highest BCUT2D eigenvalue weighted by Gasteiger charge is 2.37. The Bertz CT molecular complexity index is 1190. The van der Waals surface area contributed by atoms with E-state index in [2.05, 4.69) is 15.0 Å². The minimum Gasteiger partial charge on any atom is -0.356 e. The number of hydrogen-bond donors (Lipinski definition) is 1. The van der Waals surface area contributed by atoms with E-state index >= 15 is 0 Å². The zero-order chi connectivity index (χ0) is 22.4. The van der Waals surface area contributed by atoms with Gasteiger partial charge >= 0.3 is 6.18 Å². The second-order valence-corrected chi connectivity index (χ2v) is 7.69. The van der Waals surface area contributed by atoms with Gasteiger partial charge in [0.25, 0.3) is 0 Å². The van der Waals surface area contributed by atoms with Gasteiger partial charge in [-0.1, -0.05) is 0 Å². The normalized spacial score (nSPS) is 17.0. The highest BCUT2D eigenvalue weighted by Crippen LogP contribution is 2.38. The first-order chi connectivity index (χ1) is 14.5. The molecule has 3 aromatic rings. The summed E-state index contributed by atoms with van der Waals surface area (Å²) >= 11 is 0. The van der Waals surface area contributed by atoms with E-state index in [0.29, 0.717) is 10.9 Å². The number of aromatic nitrogens is 3. The lowest BCUT2D eigenvalue weighted by atomic mass is 10.1. The third-order valence-electron chi connectivity index (χ3n) is 5.40. The third kappa shape index (κ3) is 4.24. The fourth-order valence-electron chi connectivity index (χ4n) is 3.84. The Kier molecular flexibility index (Phi) is 5.18. The number of pyridine rings is 3. The zero-order valence-electron chi connectivity index (χ0n) is 16.6. The van der Waals surface area contributed by atoms with Gasteiger partial charge in [-0.2, -0.15) is 13.2 Å². The molecule has 0 amide bonds. The van der Waals surface area contributed by atoms with Crippen molar-refractivity contribution in [3.05, 3.63) is 52.1 Å². The minimum atomic E-state index is -4.70. The molecule has 31 heavy (non-hydrogen) atoms. The fraction of sp³-hybridized carbons (Fsp3) is 0.381. The van der Waals surface area contributed by atoms with Crippen molar-refractivity contribution in [2.75, 3.05) is 18.0 Å². The van der Waals surface area contributed by atoms with Crippen LogP contribution in [0.25, 0.3) is 22.2 Å². The molecule has 1 fully saturated rings. The predicted octanol–water partition coefficient (Wildman–Crippen LogP) is 4.94. The van der Waals surface area contributed by atoms with Gasteiger partial charge in [-0.25, -0.2) is 13.8 Å². The maximum absolute atomic E-state index is 13.9. The van der Waals surface area contributed by atoms with Gasteiger partial charge in [0, 0.05) is 50.0 Å². The van der Waals surface area contributed by atoms with E-state index in [1.807, 2.05) is 0 Å². The molecule has 0 radical (unpaired) electrons. The molecule has 0 aliphatic carbocycles. The van der Waals surface area contributed by atoms with Crippen LogP contribution < -0.4 is 10.3 Å². The summed E-state index contributed by atoms with van der Waals surface area (Å²) in [7, 11) is 0. The molecule has 0 bridgehead atoms. The van der Waals surface area contributed by atoms with Crippen molar-refractivity contribution >= 4 is 16.7 Å². The van der Waals surface area contributed by atoms with Crippen LogP contribution in [0.15, 0.2) is 35.4 Å². The molecule has 4 heterocycles. The number of rotatable bonds is 2. The zero-order valence-corrected chi connectivity index (χ0v) is 16.6. The van der Waals surface area contributed by atoms with Gasteiger partial charge in [-0.3, -0.25) is 9.78 Å². The summed E-state index contributed by atoms with van der Waals surface area (Å²) in [5.74, 6) is -2.95. The summed E-state index contributed by atoms with van der Waals surface area (Å²) in [6.07, 6.45) is -2.53. The summed E-state index contributed by atoms with van der Waals surface area (Å²) in [6, 6.07) is 4.15. The monoisotopic (exact) mass is 438 g/mol. The molecule has 164 valence electrons. The number of alkyl halides is 5. The first-order valence-electron chi connectivity index (χ1n) is 9.74. The molecule has 4 rings (SSSR count). The van der Waals surface area contributed by atoms with Crippen LogP contribution in [0.5, 0.6) is 0 Å². The molecule has 1 aliphatic rings. The summed E-state index contributed by atoms with van der Waals surface area (Å²) in [6.45, 7) is 1.27. The number of hydrogen-bond acceptors (Lipinski definition) is 4. The lowest BCUT2D eigenvalue weighted by Gasteiger charge is -2.26. The summed E-state index contributed by atoms with van der Waals surface area (Å²) in [4.78, 5) is 24.8. The van der Waals surface area contributed by atoms with Crippen LogP contribution in [0.1, 0.15) is 30.5 Å². The maximum Gasteiger partial charge on any atom is 0.433 e. The maximum atomic E-state index is 13.9. The molecule has 0 aromatic carbocycles. The SMILES string of the molecule is Cc1cc(-c2cc(=O)c3cnccc3[nH]2)c(N2CCCC(F)(F)CC2)nc1C(F)(F)F. The minimum absolute atomic E-state index is 0.0697. The van der Waals surface area contributed by atoms with Crippen LogP contribution in [0.2, 0.25) is 0 Å². The Morgan fingerprint density at radius 1 is 1.16 bits per heavy atom. The highest BCUT2D eigenvalue weighted by molar-refractivity contribution is 5.83. The lowest BCUT2D eigenvalue weighted by molar-refractivity contribution is -0.141. The van der Waals surface area contributed by atoms with Crippen molar-refractivity contribution in [3.63, 3.8) is 0 Å². The quantitative estimate of drug-likeness (QED) is 0.576. The van der Waals surface area contributed by atoms with E-state index in [4.69, 9.17) is 0 Å². The Balaban J connectivity index is 1.91. The first-order valence-corrected chi connectivity index (χ1v) is 9.74. The molecule has 0 atom stereocenters. The first kappa shape index (κ1) is 21.2. The third-order valence-corrected chi connectivity index (χ3v) is 5.40. The van der Waals surface area contributed by atoms with Gasteiger partial charge in [-0.05, 0) is 31.0 Å². The smallest absolute Gasteiger partial charge is 0.356 e. The Morgan fingerprint density at radius 3 is 2.68 bits per heavy atom. The number of H-pyrrole nitrogens is 1. The molecule has 1 aliphatic heterocycles. The van der Waals surface area contributed by atoms with E-state index in [1.165, 1.54) is 36.4 Å². The number of nitrogens with one attached hydrogen (secondary N) is 1. The van der Waals surface area contributed by atoms with E-state index in [1.54, 1.807) is 6.07 Å². The van der Waals surface area contributed by atoms with Gasteiger partial charge in [0.15, 0.2) is 5.43 Å². The van der Waals surface area contributed by atoms with Gasteiger partial charge in [0.05, 0.1) is 16.6 Å². The average molecular weight is 438 g/mol. The highest BCUT2D eigenvalue weighted by atomic mass is 19.4. The van der Waals surface area contributed by atoms with Crippen LogP contribution in [-0.2, 0) is 6.18 Å². The van der Waals surface area contributed by atoms with Crippen LogP contribution in [0.4, 0.5) is 27.8 Å². The van der Waals surface area contributed by atoms with Crippen molar-refractivity contribution in [2.45, 2.75) is 38.3 Å². The van der Waals surface area contributed by atoms with Crippen LogP contribution in [-0.4, -0.2) is 34.0 Å². The van der Waals surface area contributed by atoms with Crippen molar-refractivity contribution in [1.82, 2.24) is 15.0 Å². The standard InChI is InChI=1S/C21H19F5N4O/c1-12-9-13(16-10-17(31)14-11-27-6-3-15(14)28-16)19(29-18(12)21(24,25)26)30-7-2-4-20(22,23)5-8-30/h3,6,9-11H,2,4-5,7-8H2,1H3,(H,28,31). The molecule has 0 unspecified atom stereocenters. The number of fused-ring (bicyclic) bond motifs is 1. The van der Waals surface area contributed by atoms with Gasteiger partial charge in [0.1, 0.15) is 11.5 Å². The largest absolute Gasteiger partial charge is 0.433 e. The van der Waals surface area contributed by atoms with E-state index in [9.17, 15) is 26.7 Å². The second-order valence-electron chi connectivity index (χ2n) is 7.69. The van der Waals surface area contributed by atoms with E-state index in [0.717, 1.165) is 0 Å². The Labute approximate surface area is 173 Å². The van der Waals surface area contributed by atoms with Crippen molar-refractivity contribution < 1.29 is 22.0 Å². The number of aromatic amines is 1. The van der Waals surface area contributed by atoms with Crippen molar-refractivity contribution in [3.8, 4) is 11.3 Å².